The molecule has 0 radical (unpaired) electrons. The van der Waals surface area contributed by atoms with Crippen LogP contribution in [0.1, 0.15) is 18.5 Å². The first kappa shape index (κ1) is 16.4. The lowest BCUT2D eigenvalue weighted by molar-refractivity contribution is 0.372. The molecule has 2 N–H and O–H groups in total. The number of hydrogen-bond donors (Lipinski definition) is 2. The lowest BCUT2D eigenvalue weighted by Crippen LogP contribution is -2.36. The molecule has 19 heavy (non-hydrogen) atoms. The second kappa shape index (κ2) is 7.79. The Morgan fingerprint density at radius 2 is 2.05 bits per heavy atom. The molecule has 0 bridgehead atoms. The van der Waals surface area contributed by atoms with Crippen molar-refractivity contribution in [3.63, 3.8) is 0 Å². The van der Waals surface area contributed by atoms with Crippen molar-refractivity contribution in [3.8, 4) is 0 Å². The highest BCUT2D eigenvalue weighted by atomic mass is 35.5. The van der Waals surface area contributed by atoms with E-state index in [9.17, 15) is 8.42 Å². The average Bonchev–Trinajstić information content (AvgIpc) is 2.38. The van der Waals surface area contributed by atoms with Gasteiger partial charge in [-0.3, -0.25) is 4.98 Å². The van der Waals surface area contributed by atoms with Crippen molar-refractivity contribution in [2.75, 3.05) is 19.6 Å². The highest BCUT2D eigenvalue weighted by Crippen LogP contribution is 2.11. The number of hydrogen-bond acceptors (Lipinski definition) is 4. The Balaban J connectivity index is 0.00000180. The highest BCUT2D eigenvalue weighted by Gasteiger charge is 2.17. The third-order valence-corrected chi connectivity index (χ3v) is 4.40. The molecule has 2 rings (SSSR count). The lowest BCUT2D eigenvalue weighted by atomic mass is 9.99. The Morgan fingerprint density at radius 3 is 2.68 bits per heavy atom. The molecule has 0 aromatic carbocycles. The Bertz CT molecular complexity index is 461. The van der Waals surface area contributed by atoms with Crippen molar-refractivity contribution in [2.45, 2.75) is 18.6 Å². The molecule has 0 saturated carbocycles. The van der Waals surface area contributed by atoms with Gasteiger partial charge in [0.1, 0.15) is 5.75 Å². The number of pyridine rings is 1. The van der Waals surface area contributed by atoms with Gasteiger partial charge >= 0.3 is 0 Å². The molecule has 0 spiro atoms. The van der Waals surface area contributed by atoms with Crippen LogP contribution in [-0.4, -0.2) is 33.0 Å². The summed E-state index contributed by atoms with van der Waals surface area (Å²) < 4.78 is 26.4. The van der Waals surface area contributed by atoms with Crippen LogP contribution < -0.4 is 10.0 Å². The molecule has 2 heterocycles. The largest absolute Gasteiger partial charge is 0.317 e. The number of aromatic nitrogens is 1. The van der Waals surface area contributed by atoms with Gasteiger partial charge in [0.05, 0.1) is 5.69 Å². The van der Waals surface area contributed by atoms with Crippen molar-refractivity contribution < 1.29 is 8.42 Å². The van der Waals surface area contributed by atoms with Gasteiger partial charge in [-0.1, -0.05) is 6.07 Å². The molecule has 0 aliphatic carbocycles. The summed E-state index contributed by atoms with van der Waals surface area (Å²) in [6.45, 7) is 2.50. The fourth-order valence-corrected chi connectivity index (χ4v) is 3.21. The zero-order valence-electron chi connectivity index (χ0n) is 10.7. The normalized spacial score (nSPS) is 16.8. The lowest BCUT2D eigenvalue weighted by Gasteiger charge is -2.22. The van der Waals surface area contributed by atoms with E-state index in [0.717, 1.165) is 25.9 Å². The first-order chi connectivity index (χ1) is 8.66. The van der Waals surface area contributed by atoms with E-state index in [0.29, 0.717) is 18.2 Å². The molecule has 1 aromatic heterocycles. The van der Waals surface area contributed by atoms with Gasteiger partial charge in [-0.15, -0.1) is 12.4 Å². The van der Waals surface area contributed by atoms with E-state index in [1.165, 1.54) is 0 Å². The molecular weight excluding hydrogens is 286 g/mol. The molecule has 7 heteroatoms. The van der Waals surface area contributed by atoms with Gasteiger partial charge in [-0.2, -0.15) is 0 Å². The summed E-state index contributed by atoms with van der Waals surface area (Å²) in [5, 5.41) is 3.26. The van der Waals surface area contributed by atoms with Crippen LogP contribution in [0.2, 0.25) is 0 Å². The van der Waals surface area contributed by atoms with Crippen molar-refractivity contribution in [1.29, 1.82) is 0 Å². The van der Waals surface area contributed by atoms with Gasteiger partial charge in [0.15, 0.2) is 0 Å². The van der Waals surface area contributed by atoms with E-state index in [-0.39, 0.29) is 18.2 Å². The first-order valence-corrected chi connectivity index (χ1v) is 7.89. The van der Waals surface area contributed by atoms with Gasteiger partial charge in [-0.25, -0.2) is 13.1 Å². The molecule has 1 aliphatic rings. The van der Waals surface area contributed by atoms with Crippen LogP contribution in [-0.2, 0) is 15.8 Å². The van der Waals surface area contributed by atoms with E-state index in [1.807, 2.05) is 0 Å². The molecule has 0 amide bonds. The quantitative estimate of drug-likeness (QED) is 0.849. The molecule has 1 fully saturated rings. The Labute approximate surface area is 120 Å². The number of rotatable bonds is 5. The van der Waals surface area contributed by atoms with Crippen LogP contribution in [0.5, 0.6) is 0 Å². The summed E-state index contributed by atoms with van der Waals surface area (Å²) in [5.74, 6) is 0.406. The standard InChI is InChI=1S/C12H19N3O2S.ClH/c16-18(17,10-12-3-1-2-6-14-12)15-9-11-4-7-13-8-5-11;/h1-3,6,11,13,15H,4-5,7-10H2;1H. The van der Waals surface area contributed by atoms with Crippen LogP contribution in [0.4, 0.5) is 0 Å². The summed E-state index contributed by atoms with van der Waals surface area (Å²) in [7, 11) is -3.27. The monoisotopic (exact) mass is 305 g/mol. The third-order valence-electron chi connectivity index (χ3n) is 3.11. The molecule has 1 aliphatic heterocycles. The molecule has 1 saturated heterocycles. The number of halogens is 1. The zero-order valence-corrected chi connectivity index (χ0v) is 12.3. The van der Waals surface area contributed by atoms with E-state index in [2.05, 4.69) is 15.0 Å². The number of sulfonamides is 1. The maximum Gasteiger partial charge on any atom is 0.217 e. The van der Waals surface area contributed by atoms with Gasteiger partial charge in [0, 0.05) is 12.7 Å². The van der Waals surface area contributed by atoms with Gasteiger partial charge in [0.2, 0.25) is 10.0 Å². The highest BCUT2D eigenvalue weighted by molar-refractivity contribution is 7.88. The zero-order chi connectivity index (χ0) is 12.8. The van der Waals surface area contributed by atoms with Crippen molar-refractivity contribution in [3.05, 3.63) is 30.1 Å². The van der Waals surface area contributed by atoms with Crippen molar-refractivity contribution >= 4 is 22.4 Å². The predicted octanol–water partition coefficient (Wildman–Crippen LogP) is 0.922. The van der Waals surface area contributed by atoms with Crippen LogP contribution >= 0.6 is 12.4 Å². The smallest absolute Gasteiger partial charge is 0.217 e. The van der Waals surface area contributed by atoms with Crippen LogP contribution in [0, 0.1) is 5.92 Å². The summed E-state index contributed by atoms with van der Waals surface area (Å²) >= 11 is 0. The SMILES string of the molecule is Cl.O=S(=O)(Cc1ccccn1)NCC1CCNCC1. The Kier molecular flexibility index (Phi) is 6.71. The van der Waals surface area contributed by atoms with Crippen LogP contribution in [0.3, 0.4) is 0 Å². The molecule has 1 aromatic rings. The second-order valence-corrected chi connectivity index (χ2v) is 6.43. The average molecular weight is 306 g/mol. The molecular formula is C12H20ClN3O2S. The minimum Gasteiger partial charge on any atom is -0.317 e. The van der Waals surface area contributed by atoms with Crippen molar-refractivity contribution in [2.24, 2.45) is 5.92 Å². The van der Waals surface area contributed by atoms with Crippen LogP contribution in [0.25, 0.3) is 0 Å². The van der Waals surface area contributed by atoms with E-state index < -0.39 is 10.0 Å². The number of piperidine rings is 1. The molecule has 0 unspecified atom stereocenters. The van der Waals surface area contributed by atoms with Gasteiger partial charge in [-0.05, 0) is 44.0 Å². The van der Waals surface area contributed by atoms with E-state index in [4.69, 9.17) is 0 Å². The maximum absolute atomic E-state index is 11.9. The molecule has 0 atom stereocenters. The molecule has 108 valence electrons. The van der Waals surface area contributed by atoms with Crippen LogP contribution in [0.15, 0.2) is 24.4 Å². The summed E-state index contributed by atoms with van der Waals surface area (Å²) in [5.41, 5.74) is 0.579. The topological polar surface area (TPSA) is 71.1 Å². The fraction of sp³-hybridized carbons (Fsp3) is 0.583. The third kappa shape index (κ3) is 5.86. The number of nitrogens with zero attached hydrogens (tertiary/aromatic N) is 1. The van der Waals surface area contributed by atoms with Gasteiger partial charge in [0.25, 0.3) is 0 Å². The first-order valence-electron chi connectivity index (χ1n) is 6.24. The summed E-state index contributed by atoms with van der Waals surface area (Å²) in [6.07, 6.45) is 3.68. The van der Waals surface area contributed by atoms with Crippen molar-refractivity contribution in [1.82, 2.24) is 15.0 Å². The summed E-state index contributed by atoms with van der Waals surface area (Å²) in [4.78, 5) is 4.03. The maximum atomic E-state index is 11.9. The second-order valence-electron chi connectivity index (χ2n) is 4.62. The fourth-order valence-electron chi connectivity index (χ4n) is 2.06. The summed E-state index contributed by atoms with van der Waals surface area (Å²) in [6, 6.07) is 5.30. The number of nitrogens with one attached hydrogen (secondary N) is 2. The van der Waals surface area contributed by atoms with E-state index >= 15 is 0 Å². The Hall–Kier alpha value is -0.690. The molecule has 5 nitrogen and oxygen atoms in total. The Morgan fingerprint density at radius 1 is 1.32 bits per heavy atom. The van der Waals surface area contributed by atoms with E-state index in [1.54, 1.807) is 24.4 Å². The minimum absolute atomic E-state index is 0. The predicted molar refractivity (Wildman–Crippen MR) is 77.7 cm³/mol. The minimum atomic E-state index is -3.27. The van der Waals surface area contributed by atoms with Gasteiger partial charge < -0.3 is 5.32 Å².